The molecule has 2 rings (SSSR count). The summed E-state index contributed by atoms with van der Waals surface area (Å²) in [6.07, 6.45) is 0. The first kappa shape index (κ1) is 18.4. The number of methoxy groups -OCH3 is 2. The lowest BCUT2D eigenvalue weighted by Gasteiger charge is -2.11. The first-order chi connectivity index (χ1) is 11.9. The van der Waals surface area contributed by atoms with Crippen molar-refractivity contribution in [2.45, 2.75) is 11.6 Å². The highest BCUT2D eigenvalue weighted by Crippen LogP contribution is 2.18. The van der Waals surface area contributed by atoms with E-state index in [4.69, 9.17) is 9.47 Å². The van der Waals surface area contributed by atoms with E-state index in [0.717, 1.165) is 0 Å². The van der Waals surface area contributed by atoms with E-state index < -0.39 is 22.7 Å². The summed E-state index contributed by atoms with van der Waals surface area (Å²) >= 11 is 0. The summed E-state index contributed by atoms with van der Waals surface area (Å²) in [5.74, 6) is -0.0248. The van der Waals surface area contributed by atoms with Gasteiger partial charge in [-0.15, -0.1) is 0 Å². The SMILES string of the molecule is COc1cc(OC)nc(NC(=O)NS(=O)(=O)c2ccccc2CF)n1. The zero-order valence-corrected chi connectivity index (χ0v) is 14.1. The Kier molecular flexibility index (Phi) is 5.70. The van der Waals surface area contributed by atoms with Crippen molar-refractivity contribution in [1.29, 1.82) is 0 Å². The van der Waals surface area contributed by atoms with Gasteiger partial charge in [-0.3, -0.25) is 5.32 Å². The maximum absolute atomic E-state index is 12.9. The second-order valence-corrected chi connectivity index (χ2v) is 6.23. The standard InChI is InChI=1S/C14H15FN4O5S/c1-23-11-7-12(24-2)17-13(16-11)18-14(20)19-25(21,22)10-6-4-3-5-9(10)8-15/h3-7H,8H2,1-2H3,(H2,16,17,18,19,20). The zero-order valence-electron chi connectivity index (χ0n) is 13.3. The van der Waals surface area contributed by atoms with Crippen molar-refractivity contribution in [3.8, 4) is 11.8 Å². The number of anilines is 1. The molecular formula is C14H15FN4O5S. The molecule has 0 fully saturated rings. The van der Waals surface area contributed by atoms with E-state index in [9.17, 15) is 17.6 Å². The van der Waals surface area contributed by atoms with E-state index in [0.29, 0.717) is 0 Å². The maximum Gasteiger partial charge on any atom is 0.335 e. The minimum atomic E-state index is -4.27. The lowest BCUT2D eigenvalue weighted by Crippen LogP contribution is -2.35. The number of sulfonamides is 1. The van der Waals surface area contributed by atoms with Crippen molar-refractivity contribution in [3.05, 3.63) is 35.9 Å². The van der Waals surface area contributed by atoms with Gasteiger partial charge < -0.3 is 9.47 Å². The van der Waals surface area contributed by atoms with E-state index >= 15 is 0 Å². The number of carbonyl (C=O) groups is 1. The number of benzene rings is 1. The van der Waals surface area contributed by atoms with Crippen LogP contribution in [-0.2, 0) is 16.7 Å². The van der Waals surface area contributed by atoms with Gasteiger partial charge in [0.25, 0.3) is 10.0 Å². The summed E-state index contributed by atoms with van der Waals surface area (Å²) in [5, 5.41) is 2.15. The summed E-state index contributed by atoms with van der Waals surface area (Å²) in [4.78, 5) is 19.3. The van der Waals surface area contributed by atoms with Gasteiger partial charge in [0.1, 0.15) is 6.67 Å². The van der Waals surface area contributed by atoms with E-state index in [2.05, 4.69) is 15.3 Å². The molecule has 0 aliphatic carbocycles. The molecule has 11 heteroatoms. The van der Waals surface area contributed by atoms with Crippen molar-refractivity contribution in [1.82, 2.24) is 14.7 Å². The largest absolute Gasteiger partial charge is 0.481 e. The van der Waals surface area contributed by atoms with E-state index in [1.54, 1.807) is 4.72 Å². The molecule has 0 aliphatic rings. The second-order valence-electron chi connectivity index (χ2n) is 4.58. The van der Waals surface area contributed by atoms with Crippen molar-refractivity contribution in [2.75, 3.05) is 19.5 Å². The maximum atomic E-state index is 12.9. The van der Waals surface area contributed by atoms with Gasteiger partial charge >= 0.3 is 6.03 Å². The molecule has 2 N–H and O–H groups in total. The molecule has 1 aromatic heterocycles. The molecule has 1 aromatic carbocycles. The van der Waals surface area contributed by atoms with Crippen LogP contribution in [0.15, 0.2) is 35.2 Å². The molecule has 134 valence electrons. The number of ether oxygens (including phenoxy) is 2. The van der Waals surface area contributed by atoms with E-state index in [-0.39, 0.29) is 28.2 Å². The van der Waals surface area contributed by atoms with Gasteiger partial charge in [-0.25, -0.2) is 22.3 Å². The quantitative estimate of drug-likeness (QED) is 0.790. The lowest BCUT2D eigenvalue weighted by atomic mass is 10.2. The van der Waals surface area contributed by atoms with Crippen LogP contribution in [0.3, 0.4) is 0 Å². The van der Waals surface area contributed by atoms with Crippen LogP contribution in [0.2, 0.25) is 0 Å². The third-order valence-corrected chi connectivity index (χ3v) is 4.39. The molecule has 1 heterocycles. The van der Waals surface area contributed by atoms with Crippen molar-refractivity contribution >= 4 is 22.0 Å². The number of hydrogen-bond acceptors (Lipinski definition) is 7. The molecule has 0 radical (unpaired) electrons. The number of alkyl halides is 1. The molecule has 0 saturated heterocycles. The Labute approximate surface area is 143 Å². The topological polar surface area (TPSA) is 120 Å². The summed E-state index contributed by atoms with van der Waals surface area (Å²) in [7, 11) is -1.57. The fraction of sp³-hybridized carbons (Fsp3) is 0.214. The van der Waals surface area contributed by atoms with Crippen LogP contribution < -0.4 is 19.5 Å². The Hall–Kier alpha value is -2.95. The number of rotatable bonds is 6. The average molecular weight is 370 g/mol. The summed E-state index contributed by atoms with van der Waals surface area (Å²) in [6, 6.07) is 5.66. The van der Waals surface area contributed by atoms with Crippen LogP contribution in [0.4, 0.5) is 15.1 Å². The number of nitrogens with one attached hydrogen (secondary N) is 2. The number of nitrogens with zero attached hydrogens (tertiary/aromatic N) is 2. The first-order valence-corrected chi connectivity index (χ1v) is 8.32. The van der Waals surface area contributed by atoms with Crippen molar-refractivity contribution in [3.63, 3.8) is 0 Å². The number of urea groups is 1. The van der Waals surface area contributed by atoms with Gasteiger partial charge in [-0.05, 0) is 6.07 Å². The Bertz CT molecular complexity index is 853. The van der Waals surface area contributed by atoms with Crippen LogP contribution in [0, 0.1) is 0 Å². The Morgan fingerprint density at radius 1 is 1.16 bits per heavy atom. The average Bonchev–Trinajstić information content (AvgIpc) is 2.60. The van der Waals surface area contributed by atoms with E-state index in [1.165, 1.54) is 44.6 Å². The number of halogens is 1. The highest BCUT2D eigenvalue weighted by molar-refractivity contribution is 7.90. The van der Waals surface area contributed by atoms with Crippen LogP contribution in [0.5, 0.6) is 11.8 Å². The Morgan fingerprint density at radius 2 is 1.76 bits per heavy atom. The lowest BCUT2D eigenvalue weighted by molar-refractivity contribution is 0.256. The second kappa shape index (κ2) is 7.75. The molecule has 2 aromatic rings. The highest BCUT2D eigenvalue weighted by atomic mass is 32.2. The third-order valence-electron chi connectivity index (χ3n) is 2.96. The van der Waals surface area contributed by atoms with Crippen LogP contribution in [0.1, 0.15) is 5.56 Å². The molecular weight excluding hydrogens is 355 g/mol. The summed E-state index contributed by atoms with van der Waals surface area (Å²) in [5.41, 5.74) is -0.0675. The van der Waals surface area contributed by atoms with Crippen LogP contribution >= 0.6 is 0 Å². The Morgan fingerprint density at radius 3 is 2.32 bits per heavy atom. The van der Waals surface area contributed by atoms with Gasteiger partial charge in [-0.1, -0.05) is 18.2 Å². The molecule has 0 saturated carbocycles. The van der Waals surface area contributed by atoms with Gasteiger partial charge in [0.15, 0.2) is 0 Å². The van der Waals surface area contributed by atoms with Crippen molar-refractivity contribution in [2.24, 2.45) is 0 Å². The fourth-order valence-corrected chi connectivity index (χ4v) is 2.98. The molecule has 0 aliphatic heterocycles. The molecule has 0 atom stereocenters. The first-order valence-electron chi connectivity index (χ1n) is 6.84. The predicted molar refractivity (Wildman–Crippen MR) is 85.7 cm³/mol. The zero-order chi connectivity index (χ0) is 18.4. The van der Waals surface area contributed by atoms with Gasteiger partial charge in [0.05, 0.1) is 25.2 Å². The fourth-order valence-electron chi connectivity index (χ4n) is 1.85. The van der Waals surface area contributed by atoms with Gasteiger partial charge in [0.2, 0.25) is 17.7 Å². The van der Waals surface area contributed by atoms with Crippen LogP contribution in [0.25, 0.3) is 0 Å². The normalized spacial score (nSPS) is 10.8. The number of aromatic nitrogens is 2. The van der Waals surface area contributed by atoms with E-state index in [1.807, 2.05) is 0 Å². The predicted octanol–water partition coefficient (Wildman–Crippen LogP) is 1.47. The Balaban J connectivity index is 2.19. The summed E-state index contributed by atoms with van der Waals surface area (Å²) in [6.45, 7) is -0.991. The molecule has 0 bridgehead atoms. The third kappa shape index (κ3) is 4.53. The summed E-state index contributed by atoms with van der Waals surface area (Å²) < 4.78 is 49.0. The molecule has 9 nitrogen and oxygen atoms in total. The number of hydrogen-bond donors (Lipinski definition) is 2. The molecule has 2 amide bonds. The number of carbonyl (C=O) groups excluding carboxylic acids is 1. The molecule has 0 spiro atoms. The minimum Gasteiger partial charge on any atom is -0.481 e. The minimum absolute atomic E-state index is 0.0675. The molecule has 25 heavy (non-hydrogen) atoms. The van der Waals surface area contributed by atoms with Gasteiger partial charge in [0, 0.05) is 5.56 Å². The highest BCUT2D eigenvalue weighted by Gasteiger charge is 2.21. The van der Waals surface area contributed by atoms with Gasteiger partial charge in [-0.2, -0.15) is 9.97 Å². The monoisotopic (exact) mass is 370 g/mol. The number of amides is 2. The van der Waals surface area contributed by atoms with Crippen LogP contribution in [-0.4, -0.2) is 38.6 Å². The van der Waals surface area contributed by atoms with Crippen molar-refractivity contribution < 1.29 is 27.1 Å². The smallest absolute Gasteiger partial charge is 0.335 e. The molecule has 0 unspecified atom stereocenters.